The van der Waals surface area contributed by atoms with Crippen LogP contribution in [-0.4, -0.2) is 20.0 Å². The highest BCUT2D eigenvalue weighted by Crippen LogP contribution is 2.32. The van der Waals surface area contributed by atoms with E-state index in [2.05, 4.69) is 0 Å². The standard InChI is InChI=1S/C15H11NO4S/c1-8-4-2-5-9-12(8)14(17)10-6-3-7-11(21(16,19)20)13(10)15(9)18/h2-7H,1H3,(H2,16,19,20). The summed E-state index contributed by atoms with van der Waals surface area (Å²) in [6, 6.07) is 9.00. The second-order valence-electron chi connectivity index (χ2n) is 4.88. The topological polar surface area (TPSA) is 94.3 Å². The highest BCUT2D eigenvalue weighted by atomic mass is 32.2. The van der Waals surface area contributed by atoms with Crippen LogP contribution in [0.4, 0.5) is 0 Å². The predicted octanol–water partition coefficient (Wildman–Crippen LogP) is 1.42. The van der Waals surface area contributed by atoms with Crippen LogP contribution in [0.3, 0.4) is 0 Å². The van der Waals surface area contributed by atoms with Crippen molar-refractivity contribution in [1.82, 2.24) is 0 Å². The van der Waals surface area contributed by atoms with Crippen LogP contribution < -0.4 is 5.14 Å². The van der Waals surface area contributed by atoms with Gasteiger partial charge in [0, 0.05) is 16.7 Å². The van der Waals surface area contributed by atoms with Gasteiger partial charge < -0.3 is 0 Å². The SMILES string of the molecule is Cc1cccc2c1C(=O)c1cccc(S(N)(=O)=O)c1C2=O. The maximum atomic E-state index is 12.6. The van der Waals surface area contributed by atoms with Gasteiger partial charge in [-0.3, -0.25) is 9.59 Å². The quantitative estimate of drug-likeness (QED) is 0.735. The Balaban J connectivity index is 2.42. The van der Waals surface area contributed by atoms with Crippen LogP contribution in [0.25, 0.3) is 0 Å². The number of hydrogen-bond acceptors (Lipinski definition) is 4. The first-order valence-corrected chi connectivity index (χ1v) is 7.72. The Morgan fingerprint density at radius 2 is 1.38 bits per heavy atom. The summed E-state index contributed by atoms with van der Waals surface area (Å²) in [4.78, 5) is 24.9. The number of sulfonamides is 1. The molecule has 0 heterocycles. The third kappa shape index (κ3) is 1.91. The molecule has 0 fully saturated rings. The van der Waals surface area contributed by atoms with Crippen LogP contribution in [0.1, 0.15) is 37.4 Å². The molecule has 0 spiro atoms. The van der Waals surface area contributed by atoms with E-state index < -0.39 is 15.8 Å². The van der Waals surface area contributed by atoms with Crippen LogP contribution in [0.5, 0.6) is 0 Å². The third-order valence-electron chi connectivity index (χ3n) is 3.55. The predicted molar refractivity (Wildman–Crippen MR) is 75.9 cm³/mol. The number of rotatable bonds is 1. The second kappa shape index (κ2) is 4.34. The van der Waals surface area contributed by atoms with Crippen molar-refractivity contribution in [3.05, 3.63) is 64.2 Å². The normalized spacial score (nSPS) is 13.8. The molecule has 0 radical (unpaired) electrons. The van der Waals surface area contributed by atoms with Gasteiger partial charge in [-0.2, -0.15) is 0 Å². The van der Waals surface area contributed by atoms with E-state index in [1.54, 1.807) is 19.1 Å². The number of carbonyl (C=O) groups is 2. The van der Waals surface area contributed by atoms with Crippen molar-refractivity contribution >= 4 is 21.6 Å². The number of aryl methyl sites for hydroxylation is 1. The van der Waals surface area contributed by atoms with Crippen molar-refractivity contribution in [3.63, 3.8) is 0 Å². The first kappa shape index (κ1) is 13.7. The minimum absolute atomic E-state index is 0.0772. The Morgan fingerprint density at radius 3 is 2.00 bits per heavy atom. The zero-order chi connectivity index (χ0) is 15.4. The molecule has 5 nitrogen and oxygen atoms in total. The molecule has 1 aliphatic carbocycles. The zero-order valence-corrected chi connectivity index (χ0v) is 11.9. The van der Waals surface area contributed by atoms with E-state index in [9.17, 15) is 18.0 Å². The molecule has 6 heteroatoms. The molecule has 2 aromatic rings. The number of carbonyl (C=O) groups excluding carboxylic acids is 2. The minimum Gasteiger partial charge on any atom is -0.289 e. The largest absolute Gasteiger partial charge is 0.289 e. The number of benzene rings is 2. The van der Waals surface area contributed by atoms with Gasteiger partial charge in [-0.05, 0) is 18.6 Å². The average molecular weight is 301 g/mol. The first-order valence-electron chi connectivity index (χ1n) is 6.17. The molecule has 2 aromatic carbocycles. The van der Waals surface area contributed by atoms with Gasteiger partial charge in [-0.15, -0.1) is 0 Å². The molecule has 0 saturated heterocycles. The fraction of sp³-hybridized carbons (Fsp3) is 0.0667. The van der Waals surface area contributed by atoms with Gasteiger partial charge in [0.05, 0.1) is 10.5 Å². The van der Waals surface area contributed by atoms with Gasteiger partial charge in [-0.25, -0.2) is 13.6 Å². The van der Waals surface area contributed by atoms with Crippen molar-refractivity contribution in [2.45, 2.75) is 11.8 Å². The van der Waals surface area contributed by atoms with Crippen LogP contribution in [0.15, 0.2) is 41.3 Å². The fourth-order valence-electron chi connectivity index (χ4n) is 2.62. The molecule has 0 aromatic heterocycles. The van der Waals surface area contributed by atoms with Crippen molar-refractivity contribution in [3.8, 4) is 0 Å². The fourth-order valence-corrected chi connectivity index (χ4v) is 3.37. The molecular weight excluding hydrogens is 290 g/mol. The van der Waals surface area contributed by atoms with Gasteiger partial charge in [0.2, 0.25) is 10.0 Å². The van der Waals surface area contributed by atoms with Crippen LogP contribution in [0.2, 0.25) is 0 Å². The summed E-state index contributed by atoms with van der Waals surface area (Å²) in [6.07, 6.45) is 0. The molecule has 2 N–H and O–H groups in total. The Morgan fingerprint density at radius 1 is 0.857 bits per heavy atom. The van der Waals surface area contributed by atoms with Gasteiger partial charge in [0.1, 0.15) is 0 Å². The maximum absolute atomic E-state index is 12.6. The molecule has 0 saturated carbocycles. The number of primary sulfonamides is 1. The molecular formula is C15H11NO4S. The van der Waals surface area contributed by atoms with Gasteiger partial charge in [0.25, 0.3) is 0 Å². The number of ketones is 2. The van der Waals surface area contributed by atoms with Crippen molar-refractivity contribution < 1.29 is 18.0 Å². The number of hydrogen-bond donors (Lipinski definition) is 1. The number of nitrogens with two attached hydrogens (primary N) is 1. The van der Waals surface area contributed by atoms with E-state index in [-0.39, 0.29) is 27.4 Å². The summed E-state index contributed by atoms with van der Waals surface area (Å²) in [7, 11) is -4.09. The Kier molecular flexibility index (Phi) is 2.82. The lowest BCUT2D eigenvalue weighted by Crippen LogP contribution is -2.26. The summed E-state index contributed by atoms with van der Waals surface area (Å²) in [5, 5.41) is 5.15. The van der Waals surface area contributed by atoms with Crippen LogP contribution in [-0.2, 0) is 10.0 Å². The lowest BCUT2D eigenvalue weighted by molar-refractivity contribution is 0.0976. The summed E-state index contributed by atoms with van der Waals surface area (Å²) in [6.45, 7) is 1.73. The molecule has 1 aliphatic rings. The van der Waals surface area contributed by atoms with Crippen molar-refractivity contribution in [1.29, 1.82) is 0 Å². The summed E-state index contributed by atoms with van der Waals surface area (Å²) in [5.74, 6) is -0.851. The van der Waals surface area contributed by atoms with Gasteiger partial charge >= 0.3 is 0 Å². The van der Waals surface area contributed by atoms with Gasteiger partial charge in [-0.1, -0.05) is 30.3 Å². The van der Waals surface area contributed by atoms with E-state index in [1.807, 2.05) is 0 Å². The van der Waals surface area contributed by atoms with Crippen molar-refractivity contribution in [2.24, 2.45) is 5.14 Å². The number of fused-ring (bicyclic) bond motifs is 2. The molecule has 3 rings (SSSR count). The summed E-state index contributed by atoms with van der Waals surface area (Å²) < 4.78 is 23.3. The lowest BCUT2D eigenvalue weighted by atomic mass is 9.82. The first-order chi connectivity index (χ1) is 9.82. The average Bonchev–Trinajstić information content (AvgIpc) is 2.43. The second-order valence-corrected chi connectivity index (χ2v) is 6.41. The molecule has 106 valence electrons. The maximum Gasteiger partial charge on any atom is 0.238 e. The molecule has 0 atom stereocenters. The summed E-state index contributed by atoms with van der Waals surface area (Å²) >= 11 is 0. The van der Waals surface area contributed by atoms with Gasteiger partial charge in [0.15, 0.2) is 11.6 Å². The minimum atomic E-state index is -4.09. The Labute approximate surface area is 121 Å². The lowest BCUT2D eigenvalue weighted by Gasteiger charge is -2.20. The van der Waals surface area contributed by atoms with Crippen LogP contribution >= 0.6 is 0 Å². The molecule has 0 bridgehead atoms. The molecule has 21 heavy (non-hydrogen) atoms. The zero-order valence-electron chi connectivity index (χ0n) is 11.1. The van der Waals surface area contributed by atoms with E-state index in [4.69, 9.17) is 5.14 Å². The summed E-state index contributed by atoms with van der Waals surface area (Å²) in [5.41, 5.74) is 1.15. The van der Waals surface area contributed by atoms with E-state index in [0.29, 0.717) is 11.1 Å². The smallest absolute Gasteiger partial charge is 0.238 e. The van der Waals surface area contributed by atoms with E-state index in [0.717, 1.165) is 0 Å². The molecule has 0 amide bonds. The molecule has 0 unspecified atom stereocenters. The highest BCUT2D eigenvalue weighted by Gasteiger charge is 2.34. The van der Waals surface area contributed by atoms with Crippen molar-refractivity contribution in [2.75, 3.05) is 0 Å². The third-order valence-corrected chi connectivity index (χ3v) is 4.50. The monoisotopic (exact) mass is 301 g/mol. The van der Waals surface area contributed by atoms with E-state index in [1.165, 1.54) is 24.3 Å². The highest BCUT2D eigenvalue weighted by molar-refractivity contribution is 7.89. The molecule has 0 aliphatic heterocycles. The van der Waals surface area contributed by atoms with Crippen LogP contribution in [0, 0.1) is 6.92 Å². The van der Waals surface area contributed by atoms with E-state index >= 15 is 0 Å². The Hall–Kier alpha value is -2.31. The Bertz CT molecular complexity index is 913.